The maximum atomic E-state index is 5.56. The molecule has 3 heteroatoms. The molecular formula is C14H24N2O. The summed E-state index contributed by atoms with van der Waals surface area (Å²) in [5, 5.41) is 0. The van der Waals surface area contributed by atoms with Crippen molar-refractivity contribution < 1.29 is 4.74 Å². The van der Waals surface area contributed by atoms with Crippen molar-refractivity contribution in [2.75, 3.05) is 6.61 Å². The Balaban J connectivity index is 2.19. The Labute approximate surface area is 104 Å². The number of aryl methyl sites for hydroxylation is 1. The number of hydrazine groups is 1. The van der Waals surface area contributed by atoms with Gasteiger partial charge in [0.1, 0.15) is 0 Å². The molecule has 1 rings (SSSR count). The number of nitrogens with one attached hydrogen (secondary N) is 1. The molecule has 0 amide bonds. The van der Waals surface area contributed by atoms with Crippen LogP contribution in [0.5, 0.6) is 0 Å². The third-order valence-corrected chi connectivity index (χ3v) is 2.73. The Kier molecular flexibility index (Phi) is 6.86. The molecule has 0 aliphatic rings. The van der Waals surface area contributed by atoms with Gasteiger partial charge in [-0.2, -0.15) is 0 Å². The van der Waals surface area contributed by atoms with Crippen molar-refractivity contribution in [1.82, 2.24) is 5.43 Å². The molecule has 1 atom stereocenters. The van der Waals surface area contributed by atoms with E-state index >= 15 is 0 Å². The fraction of sp³-hybridized carbons (Fsp3) is 0.571. The quantitative estimate of drug-likeness (QED) is 0.537. The average Bonchev–Trinajstić information content (AvgIpc) is 2.34. The molecule has 0 radical (unpaired) electrons. The zero-order chi connectivity index (χ0) is 12.5. The molecule has 0 heterocycles. The molecule has 1 aromatic rings. The van der Waals surface area contributed by atoms with Gasteiger partial charge in [0.25, 0.3) is 0 Å². The maximum absolute atomic E-state index is 5.56. The van der Waals surface area contributed by atoms with Gasteiger partial charge in [-0.05, 0) is 38.7 Å². The van der Waals surface area contributed by atoms with E-state index in [1.807, 2.05) is 19.9 Å². The summed E-state index contributed by atoms with van der Waals surface area (Å²) in [6.45, 7) is 4.76. The lowest BCUT2D eigenvalue weighted by atomic mass is 10.1. The molecule has 0 spiro atoms. The second kappa shape index (κ2) is 8.23. The highest BCUT2D eigenvalue weighted by Crippen LogP contribution is 2.07. The van der Waals surface area contributed by atoms with Gasteiger partial charge in [-0.3, -0.25) is 11.3 Å². The highest BCUT2D eigenvalue weighted by atomic mass is 16.5. The van der Waals surface area contributed by atoms with Gasteiger partial charge < -0.3 is 4.74 Å². The van der Waals surface area contributed by atoms with Crippen LogP contribution in [0, 0.1) is 0 Å². The Morgan fingerprint density at radius 1 is 1.24 bits per heavy atom. The molecule has 1 unspecified atom stereocenters. The third kappa shape index (κ3) is 6.41. The van der Waals surface area contributed by atoms with Crippen LogP contribution in [-0.2, 0) is 11.2 Å². The van der Waals surface area contributed by atoms with E-state index in [0.29, 0.717) is 6.61 Å². The lowest BCUT2D eigenvalue weighted by molar-refractivity contribution is 0.0592. The van der Waals surface area contributed by atoms with E-state index in [9.17, 15) is 0 Å². The fourth-order valence-electron chi connectivity index (χ4n) is 1.72. The van der Waals surface area contributed by atoms with E-state index < -0.39 is 0 Å². The summed E-state index contributed by atoms with van der Waals surface area (Å²) in [6.07, 6.45) is 3.53. The molecule has 3 N–H and O–H groups in total. The van der Waals surface area contributed by atoms with Crippen LogP contribution in [0.3, 0.4) is 0 Å². The van der Waals surface area contributed by atoms with Crippen LogP contribution >= 0.6 is 0 Å². The van der Waals surface area contributed by atoms with Crippen molar-refractivity contribution >= 4 is 0 Å². The first-order chi connectivity index (χ1) is 8.22. The first-order valence-electron chi connectivity index (χ1n) is 6.34. The molecule has 0 saturated carbocycles. The van der Waals surface area contributed by atoms with Crippen LogP contribution in [0.25, 0.3) is 0 Å². The standard InChI is InChI=1S/C14H24N2O/c1-12(2)17-11-14(16-15)10-6-9-13-7-4-3-5-8-13/h3-5,7-8,12,14,16H,6,9-11,15H2,1-2H3. The molecule has 0 aliphatic heterocycles. The van der Waals surface area contributed by atoms with Gasteiger partial charge in [0.05, 0.1) is 12.7 Å². The zero-order valence-electron chi connectivity index (χ0n) is 10.9. The molecule has 0 fully saturated rings. The van der Waals surface area contributed by atoms with Crippen molar-refractivity contribution in [3.05, 3.63) is 35.9 Å². The molecule has 0 saturated heterocycles. The molecule has 0 aromatic heterocycles. The smallest absolute Gasteiger partial charge is 0.0636 e. The van der Waals surface area contributed by atoms with Crippen LogP contribution in [0.1, 0.15) is 32.3 Å². The van der Waals surface area contributed by atoms with E-state index in [1.165, 1.54) is 5.56 Å². The maximum Gasteiger partial charge on any atom is 0.0636 e. The van der Waals surface area contributed by atoms with Crippen molar-refractivity contribution in [1.29, 1.82) is 0 Å². The number of rotatable bonds is 8. The van der Waals surface area contributed by atoms with Gasteiger partial charge in [0.15, 0.2) is 0 Å². The normalized spacial score (nSPS) is 12.9. The monoisotopic (exact) mass is 236 g/mol. The van der Waals surface area contributed by atoms with Gasteiger partial charge in [-0.25, -0.2) is 0 Å². The van der Waals surface area contributed by atoms with Gasteiger partial charge in [0, 0.05) is 6.04 Å². The molecule has 0 bridgehead atoms. The van der Waals surface area contributed by atoms with Crippen molar-refractivity contribution in [3.8, 4) is 0 Å². The van der Waals surface area contributed by atoms with Gasteiger partial charge in [-0.1, -0.05) is 30.3 Å². The first-order valence-corrected chi connectivity index (χ1v) is 6.34. The number of benzene rings is 1. The van der Waals surface area contributed by atoms with E-state index in [0.717, 1.165) is 19.3 Å². The highest BCUT2D eigenvalue weighted by molar-refractivity contribution is 5.14. The van der Waals surface area contributed by atoms with Gasteiger partial charge in [-0.15, -0.1) is 0 Å². The van der Waals surface area contributed by atoms with E-state index in [1.54, 1.807) is 0 Å². The molecule has 96 valence electrons. The number of hydrogen-bond acceptors (Lipinski definition) is 3. The van der Waals surface area contributed by atoms with Gasteiger partial charge >= 0.3 is 0 Å². The topological polar surface area (TPSA) is 47.3 Å². The summed E-state index contributed by atoms with van der Waals surface area (Å²) < 4.78 is 5.56. The minimum absolute atomic E-state index is 0.251. The molecule has 1 aromatic carbocycles. The van der Waals surface area contributed by atoms with Crippen LogP contribution < -0.4 is 11.3 Å². The largest absolute Gasteiger partial charge is 0.377 e. The van der Waals surface area contributed by atoms with E-state index in [2.05, 4.69) is 29.7 Å². The highest BCUT2D eigenvalue weighted by Gasteiger charge is 2.07. The number of ether oxygens (including phenoxy) is 1. The second-order valence-electron chi connectivity index (χ2n) is 4.62. The third-order valence-electron chi connectivity index (χ3n) is 2.73. The minimum atomic E-state index is 0.251. The van der Waals surface area contributed by atoms with E-state index in [4.69, 9.17) is 10.6 Å². The Morgan fingerprint density at radius 2 is 1.94 bits per heavy atom. The van der Waals surface area contributed by atoms with Crippen LogP contribution in [0.15, 0.2) is 30.3 Å². The molecule has 0 aliphatic carbocycles. The van der Waals surface area contributed by atoms with Gasteiger partial charge in [0.2, 0.25) is 0 Å². The van der Waals surface area contributed by atoms with Crippen molar-refractivity contribution in [3.63, 3.8) is 0 Å². The summed E-state index contributed by atoms with van der Waals surface area (Å²) >= 11 is 0. The zero-order valence-corrected chi connectivity index (χ0v) is 10.9. The van der Waals surface area contributed by atoms with Crippen LogP contribution in [-0.4, -0.2) is 18.8 Å². The Bertz CT molecular complexity index is 288. The minimum Gasteiger partial charge on any atom is -0.377 e. The summed E-state index contributed by atoms with van der Waals surface area (Å²) in [7, 11) is 0. The lowest BCUT2D eigenvalue weighted by Crippen LogP contribution is -2.39. The second-order valence-corrected chi connectivity index (χ2v) is 4.62. The summed E-state index contributed by atoms with van der Waals surface area (Å²) in [4.78, 5) is 0. The van der Waals surface area contributed by atoms with Crippen LogP contribution in [0.2, 0.25) is 0 Å². The van der Waals surface area contributed by atoms with Crippen LogP contribution in [0.4, 0.5) is 0 Å². The first kappa shape index (κ1) is 14.2. The SMILES string of the molecule is CC(C)OCC(CCCc1ccccc1)NN. The lowest BCUT2D eigenvalue weighted by Gasteiger charge is -2.17. The Morgan fingerprint density at radius 3 is 2.53 bits per heavy atom. The molecule has 3 nitrogen and oxygen atoms in total. The number of hydrogen-bond donors (Lipinski definition) is 2. The van der Waals surface area contributed by atoms with Crippen molar-refractivity contribution in [2.45, 2.75) is 45.3 Å². The molecular weight excluding hydrogens is 212 g/mol. The van der Waals surface area contributed by atoms with Crippen molar-refractivity contribution in [2.24, 2.45) is 5.84 Å². The summed E-state index contributed by atoms with van der Waals surface area (Å²) in [5.74, 6) is 5.51. The number of nitrogens with two attached hydrogens (primary N) is 1. The average molecular weight is 236 g/mol. The van der Waals surface area contributed by atoms with E-state index in [-0.39, 0.29) is 12.1 Å². The predicted octanol–water partition coefficient (Wildman–Crippen LogP) is 2.27. The predicted molar refractivity (Wildman–Crippen MR) is 71.6 cm³/mol. The Hall–Kier alpha value is -0.900. The molecule has 17 heavy (non-hydrogen) atoms. The summed E-state index contributed by atoms with van der Waals surface area (Å²) in [5.41, 5.74) is 4.20. The fourth-order valence-corrected chi connectivity index (χ4v) is 1.72. The summed E-state index contributed by atoms with van der Waals surface area (Å²) in [6, 6.07) is 10.8.